The number of para-hydroxylation sites is 1. The van der Waals surface area contributed by atoms with E-state index in [2.05, 4.69) is 4.74 Å². The van der Waals surface area contributed by atoms with Crippen LogP contribution in [0.25, 0.3) is 11.3 Å². The molecule has 1 saturated heterocycles. The molecule has 3 rings (SSSR count). The zero-order valence-corrected chi connectivity index (χ0v) is 13.3. The van der Waals surface area contributed by atoms with Crippen molar-refractivity contribution >= 4 is 11.9 Å². The van der Waals surface area contributed by atoms with Crippen LogP contribution in [0, 0.1) is 0 Å². The van der Waals surface area contributed by atoms with Crippen molar-refractivity contribution in [3.63, 3.8) is 0 Å². The van der Waals surface area contributed by atoms with Crippen LogP contribution < -0.4 is 4.74 Å². The Morgan fingerprint density at radius 2 is 1.92 bits per heavy atom. The summed E-state index contributed by atoms with van der Waals surface area (Å²) in [6.45, 7) is 0.277. The monoisotopic (exact) mass is 369 g/mol. The summed E-state index contributed by atoms with van der Waals surface area (Å²) in [4.78, 5) is 24.9. The lowest BCUT2D eigenvalue weighted by Gasteiger charge is -2.19. The van der Waals surface area contributed by atoms with Crippen LogP contribution in [0.4, 0.5) is 13.2 Å². The molecule has 1 atom stereocenters. The second-order valence-corrected chi connectivity index (χ2v) is 5.70. The molecule has 0 bridgehead atoms. The maximum Gasteiger partial charge on any atom is 0.573 e. The Hall–Kier alpha value is -2.97. The lowest BCUT2D eigenvalue weighted by atomic mass is 10.1. The Bertz CT molecular complexity index is 830. The Kier molecular flexibility index (Phi) is 4.62. The van der Waals surface area contributed by atoms with Gasteiger partial charge in [-0.1, -0.05) is 12.1 Å². The number of likely N-dealkylation sites (tertiary alicyclic amines) is 1. The Morgan fingerprint density at radius 1 is 1.19 bits per heavy atom. The summed E-state index contributed by atoms with van der Waals surface area (Å²) < 4.78 is 46.9. The first-order chi connectivity index (χ1) is 12.3. The van der Waals surface area contributed by atoms with Crippen LogP contribution in [0.15, 0.2) is 40.8 Å². The smallest absolute Gasteiger partial charge is 0.480 e. The number of ether oxygens (including phenoxy) is 1. The number of carboxylic acids is 1. The molecule has 0 saturated carbocycles. The first kappa shape index (κ1) is 17.8. The van der Waals surface area contributed by atoms with Crippen molar-refractivity contribution in [1.29, 1.82) is 0 Å². The van der Waals surface area contributed by atoms with Gasteiger partial charge in [0.25, 0.3) is 5.91 Å². The summed E-state index contributed by atoms with van der Waals surface area (Å²) in [6.07, 6.45) is -3.97. The number of benzene rings is 1. The molecule has 0 radical (unpaired) electrons. The Balaban J connectivity index is 1.87. The fourth-order valence-corrected chi connectivity index (χ4v) is 2.89. The SMILES string of the molecule is O=C(O)[C@H]1CCCN1C(=O)c1ccc(-c2ccccc2OC(F)(F)F)o1. The van der Waals surface area contributed by atoms with Gasteiger partial charge in [-0.25, -0.2) is 4.79 Å². The van der Waals surface area contributed by atoms with Gasteiger partial charge in [-0.15, -0.1) is 13.2 Å². The fourth-order valence-electron chi connectivity index (χ4n) is 2.89. The molecule has 138 valence electrons. The highest BCUT2D eigenvalue weighted by Gasteiger charge is 2.36. The average molecular weight is 369 g/mol. The zero-order valence-electron chi connectivity index (χ0n) is 13.3. The van der Waals surface area contributed by atoms with Crippen LogP contribution in [0.1, 0.15) is 23.4 Å². The van der Waals surface area contributed by atoms with Crippen LogP contribution in [0.2, 0.25) is 0 Å². The van der Waals surface area contributed by atoms with Crippen molar-refractivity contribution in [2.75, 3.05) is 6.54 Å². The highest BCUT2D eigenvalue weighted by molar-refractivity contribution is 5.95. The Morgan fingerprint density at radius 3 is 2.62 bits per heavy atom. The van der Waals surface area contributed by atoms with Gasteiger partial charge in [0, 0.05) is 6.54 Å². The average Bonchev–Trinajstić information content (AvgIpc) is 3.23. The van der Waals surface area contributed by atoms with Crippen LogP contribution in [-0.2, 0) is 4.79 Å². The van der Waals surface area contributed by atoms with E-state index in [1.165, 1.54) is 35.2 Å². The molecular weight excluding hydrogens is 355 g/mol. The van der Waals surface area contributed by atoms with Crippen LogP contribution in [0.3, 0.4) is 0 Å². The number of carbonyl (C=O) groups excluding carboxylic acids is 1. The highest BCUT2D eigenvalue weighted by Crippen LogP contribution is 2.35. The van der Waals surface area contributed by atoms with Crippen molar-refractivity contribution in [2.24, 2.45) is 0 Å². The topological polar surface area (TPSA) is 80.0 Å². The van der Waals surface area contributed by atoms with E-state index in [0.29, 0.717) is 12.8 Å². The molecule has 6 nitrogen and oxygen atoms in total. The Labute approximate surface area is 145 Å². The standard InChI is InChI=1S/C17H14F3NO5/c18-17(19,20)26-13-6-2-1-4-10(13)12-7-8-14(25-12)15(22)21-9-3-5-11(21)16(23)24/h1-2,4,6-8,11H,3,5,9H2,(H,23,24)/t11-/m1/s1. The van der Waals surface area contributed by atoms with E-state index in [4.69, 9.17) is 9.52 Å². The summed E-state index contributed by atoms with van der Waals surface area (Å²) in [5.41, 5.74) is 0.0279. The molecule has 2 aromatic rings. The predicted molar refractivity (Wildman–Crippen MR) is 82.5 cm³/mol. The largest absolute Gasteiger partial charge is 0.573 e. The van der Waals surface area contributed by atoms with E-state index in [1.807, 2.05) is 0 Å². The number of amides is 1. The molecule has 1 aliphatic rings. The van der Waals surface area contributed by atoms with Crippen molar-refractivity contribution in [3.05, 3.63) is 42.2 Å². The number of carbonyl (C=O) groups is 2. The minimum Gasteiger partial charge on any atom is -0.480 e. The summed E-state index contributed by atoms with van der Waals surface area (Å²) >= 11 is 0. The maximum atomic E-state index is 12.5. The third-order valence-corrected chi connectivity index (χ3v) is 3.99. The van der Waals surface area contributed by atoms with E-state index in [-0.39, 0.29) is 23.6 Å². The van der Waals surface area contributed by atoms with E-state index in [0.717, 1.165) is 6.07 Å². The number of halogens is 3. The summed E-state index contributed by atoms with van der Waals surface area (Å²) in [6, 6.07) is 7.09. The van der Waals surface area contributed by atoms with Gasteiger partial charge in [-0.3, -0.25) is 4.79 Å². The lowest BCUT2D eigenvalue weighted by Crippen LogP contribution is -2.40. The van der Waals surface area contributed by atoms with Crippen molar-refractivity contribution < 1.29 is 37.0 Å². The third-order valence-electron chi connectivity index (χ3n) is 3.99. The summed E-state index contributed by atoms with van der Waals surface area (Å²) in [7, 11) is 0. The number of nitrogens with zero attached hydrogens (tertiary/aromatic N) is 1. The molecular formula is C17H14F3NO5. The van der Waals surface area contributed by atoms with Gasteiger partial charge in [0.05, 0.1) is 5.56 Å². The van der Waals surface area contributed by atoms with Gasteiger partial charge >= 0.3 is 12.3 Å². The zero-order chi connectivity index (χ0) is 18.9. The minimum absolute atomic E-state index is 0.0132. The van der Waals surface area contributed by atoms with Gasteiger partial charge in [-0.2, -0.15) is 0 Å². The molecule has 9 heteroatoms. The number of hydrogen-bond donors (Lipinski definition) is 1. The molecule has 0 unspecified atom stereocenters. The molecule has 0 aliphatic carbocycles. The molecule has 2 heterocycles. The van der Waals surface area contributed by atoms with E-state index in [9.17, 15) is 22.8 Å². The number of aliphatic carboxylic acids is 1. The summed E-state index contributed by atoms with van der Waals surface area (Å²) in [5, 5.41) is 9.16. The van der Waals surface area contributed by atoms with Gasteiger partial charge < -0.3 is 19.2 Å². The second kappa shape index (κ2) is 6.74. The molecule has 26 heavy (non-hydrogen) atoms. The molecule has 1 aliphatic heterocycles. The molecule has 1 amide bonds. The molecule has 1 N–H and O–H groups in total. The molecule has 1 fully saturated rings. The number of carboxylic acid groups (broad SMARTS) is 1. The quantitative estimate of drug-likeness (QED) is 0.892. The summed E-state index contributed by atoms with van der Waals surface area (Å²) in [5.74, 6) is -2.31. The predicted octanol–water partition coefficient (Wildman–Crippen LogP) is 3.53. The maximum absolute atomic E-state index is 12.5. The van der Waals surface area contributed by atoms with Crippen molar-refractivity contribution in [1.82, 2.24) is 4.90 Å². The van der Waals surface area contributed by atoms with Gasteiger partial charge in [0.2, 0.25) is 0 Å². The van der Waals surface area contributed by atoms with Crippen molar-refractivity contribution in [3.8, 4) is 17.1 Å². The third kappa shape index (κ3) is 3.66. The van der Waals surface area contributed by atoms with Crippen LogP contribution >= 0.6 is 0 Å². The fraction of sp³-hybridized carbons (Fsp3) is 0.294. The number of rotatable bonds is 4. The second-order valence-electron chi connectivity index (χ2n) is 5.70. The normalized spacial score (nSPS) is 17.3. The van der Waals surface area contributed by atoms with Gasteiger partial charge in [0.1, 0.15) is 17.6 Å². The lowest BCUT2D eigenvalue weighted by molar-refractivity contribution is -0.274. The number of alkyl halides is 3. The van der Waals surface area contributed by atoms with Crippen LogP contribution in [0.5, 0.6) is 5.75 Å². The van der Waals surface area contributed by atoms with Gasteiger partial charge in [0.15, 0.2) is 5.76 Å². The van der Waals surface area contributed by atoms with E-state index in [1.54, 1.807) is 0 Å². The minimum atomic E-state index is -4.87. The number of furan rings is 1. The highest BCUT2D eigenvalue weighted by atomic mass is 19.4. The molecule has 1 aromatic heterocycles. The van der Waals surface area contributed by atoms with E-state index >= 15 is 0 Å². The van der Waals surface area contributed by atoms with Gasteiger partial charge in [-0.05, 0) is 37.1 Å². The van der Waals surface area contributed by atoms with E-state index < -0.39 is 30.0 Å². The van der Waals surface area contributed by atoms with Crippen LogP contribution in [-0.4, -0.2) is 40.8 Å². The van der Waals surface area contributed by atoms with Crippen molar-refractivity contribution in [2.45, 2.75) is 25.2 Å². The first-order valence-corrected chi connectivity index (χ1v) is 7.75. The first-order valence-electron chi connectivity index (χ1n) is 7.75. The number of hydrogen-bond acceptors (Lipinski definition) is 4. The molecule has 1 aromatic carbocycles. The molecule has 0 spiro atoms.